The van der Waals surface area contributed by atoms with Crippen LogP contribution in [0.2, 0.25) is 0 Å². The summed E-state index contributed by atoms with van der Waals surface area (Å²) in [4.78, 5) is 0. The fourth-order valence-corrected chi connectivity index (χ4v) is 2.04. The zero-order valence-corrected chi connectivity index (χ0v) is 12.8. The fraction of sp³-hybridized carbons (Fsp3) is 0.571. The third-order valence-corrected chi connectivity index (χ3v) is 3.29. The third-order valence-electron chi connectivity index (χ3n) is 2.68. The zero-order chi connectivity index (χ0) is 13.5. The first kappa shape index (κ1) is 15.6. The van der Waals surface area contributed by atoms with E-state index in [0.717, 1.165) is 13.1 Å². The summed E-state index contributed by atoms with van der Waals surface area (Å²) in [5.74, 6) is 0.479. The molecule has 0 aliphatic heterocycles. The topological polar surface area (TPSA) is 24.1 Å². The minimum absolute atomic E-state index is 0.174. The van der Waals surface area contributed by atoms with Gasteiger partial charge in [0.2, 0.25) is 0 Å². The van der Waals surface area contributed by atoms with E-state index in [1.807, 2.05) is 6.07 Å². The molecule has 0 heterocycles. The summed E-state index contributed by atoms with van der Waals surface area (Å²) in [6.45, 7) is 8.92. The molecule has 0 fully saturated rings. The molecule has 0 amide bonds. The Kier molecular flexibility index (Phi) is 6.82. The summed E-state index contributed by atoms with van der Waals surface area (Å²) in [7, 11) is 0. The van der Waals surface area contributed by atoms with Crippen molar-refractivity contribution >= 4 is 15.9 Å². The summed E-state index contributed by atoms with van der Waals surface area (Å²) < 4.78 is 14.2. The SMILES string of the molecule is CC(C)CNCC(C)NCc1cccc(Br)c1F. The van der Waals surface area contributed by atoms with Crippen LogP contribution in [-0.2, 0) is 6.54 Å². The second-order valence-corrected chi connectivity index (χ2v) is 5.90. The molecule has 4 heteroatoms. The quantitative estimate of drug-likeness (QED) is 0.806. The molecule has 1 atom stereocenters. The van der Waals surface area contributed by atoms with Gasteiger partial charge in [0.25, 0.3) is 0 Å². The fourth-order valence-electron chi connectivity index (χ4n) is 1.63. The Balaban J connectivity index is 2.33. The van der Waals surface area contributed by atoms with Crippen LogP contribution in [0.4, 0.5) is 4.39 Å². The number of benzene rings is 1. The molecule has 102 valence electrons. The van der Waals surface area contributed by atoms with Gasteiger partial charge in [0.15, 0.2) is 0 Å². The van der Waals surface area contributed by atoms with Gasteiger partial charge in [0.05, 0.1) is 4.47 Å². The van der Waals surface area contributed by atoms with Crippen LogP contribution >= 0.6 is 15.9 Å². The van der Waals surface area contributed by atoms with Gasteiger partial charge in [0.1, 0.15) is 5.82 Å². The lowest BCUT2D eigenvalue weighted by molar-refractivity contribution is 0.466. The smallest absolute Gasteiger partial charge is 0.141 e. The Labute approximate surface area is 117 Å². The lowest BCUT2D eigenvalue weighted by Gasteiger charge is -2.16. The molecule has 2 nitrogen and oxygen atoms in total. The van der Waals surface area contributed by atoms with Gasteiger partial charge in [-0.1, -0.05) is 26.0 Å². The van der Waals surface area contributed by atoms with Crippen molar-refractivity contribution in [2.45, 2.75) is 33.4 Å². The average molecular weight is 317 g/mol. The predicted octanol–water partition coefficient (Wildman–Crippen LogP) is 3.31. The van der Waals surface area contributed by atoms with Gasteiger partial charge in [-0.3, -0.25) is 0 Å². The van der Waals surface area contributed by atoms with E-state index in [0.29, 0.717) is 28.5 Å². The minimum atomic E-state index is -0.174. The van der Waals surface area contributed by atoms with Gasteiger partial charge in [-0.15, -0.1) is 0 Å². The van der Waals surface area contributed by atoms with Gasteiger partial charge >= 0.3 is 0 Å². The van der Waals surface area contributed by atoms with Gasteiger partial charge in [0, 0.05) is 24.7 Å². The lowest BCUT2D eigenvalue weighted by Crippen LogP contribution is -2.37. The average Bonchev–Trinajstić information content (AvgIpc) is 2.30. The Morgan fingerprint density at radius 1 is 1.22 bits per heavy atom. The van der Waals surface area contributed by atoms with Crippen LogP contribution in [0.5, 0.6) is 0 Å². The largest absolute Gasteiger partial charge is 0.315 e. The van der Waals surface area contributed by atoms with Crippen LogP contribution in [-0.4, -0.2) is 19.1 Å². The van der Waals surface area contributed by atoms with Crippen molar-refractivity contribution in [3.8, 4) is 0 Å². The molecule has 0 aliphatic carbocycles. The third kappa shape index (κ3) is 5.46. The summed E-state index contributed by atoms with van der Waals surface area (Å²) >= 11 is 3.20. The van der Waals surface area contributed by atoms with E-state index in [2.05, 4.69) is 47.3 Å². The molecule has 1 rings (SSSR count). The first-order chi connectivity index (χ1) is 8.50. The van der Waals surface area contributed by atoms with Crippen molar-refractivity contribution in [3.05, 3.63) is 34.1 Å². The molecule has 0 saturated carbocycles. The standard InChI is InChI=1S/C14H22BrFN2/c1-10(2)7-17-8-11(3)18-9-12-5-4-6-13(15)14(12)16/h4-6,10-11,17-18H,7-9H2,1-3H3. The van der Waals surface area contributed by atoms with Crippen LogP contribution in [0.1, 0.15) is 26.3 Å². The molecule has 0 aliphatic rings. The Hall–Kier alpha value is -0.450. The minimum Gasteiger partial charge on any atom is -0.315 e. The lowest BCUT2D eigenvalue weighted by atomic mass is 10.2. The maximum Gasteiger partial charge on any atom is 0.141 e. The van der Waals surface area contributed by atoms with E-state index in [1.165, 1.54) is 0 Å². The Bertz CT molecular complexity index is 369. The van der Waals surface area contributed by atoms with E-state index in [1.54, 1.807) is 12.1 Å². The number of halogens is 2. The van der Waals surface area contributed by atoms with Crippen LogP contribution in [0.3, 0.4) is 0 Å². The van der Waals surface area contributed by atoms with Crippen LogP contribution in [0, 0.1) is 11.7 Å². The van der Waals surface area contributed by atoms with Gasteiger partial charge in [-0.25, -0.2) is 4.39 Å². The first-order valence-electron chi connectivity index (χ1n) is 6.37. The molecular formula is C14H22BrFN2. The molecule has 1 aromatic rings. The van der Waals surface area contributed by atoms with Crippen LogP contribution < -0.4 is 10.6 Å². The maximum atomic E-state index is 13.7. The Morgan fingerprint density at radius 2 is 1.94 bits per heavy atom. The molecule has 0 radical (unpaired) electrons. The van der Waals surface area contributed by atoms with E-state index >= 15 is 0 Å². The number of hydrogen-bond donors (Lipinski definition) is 2. The van der Waals surface area contributed by atoms with Crippen molar-refractivity contribution < 1.29 is 4.39 Å². The van der Waals surface area contributed by atoms with E-state index in [9.17, 15) is 4.39 Å². The highest BCUT2D eigenvalue weighted by molar-refractivity contribution is 9.10. The van der Waals surface area contributed by atoms with Crippen molar-refractivity contribution in [2.24, 2.45) is 5.92 Å². The maximum absolute atomic E-state index is 13.7. The van der Waals surface area contributed by atoms with Gasteiger partial charge in [-0.2, -0.15) is 0 Å². The summed E-state index contributed by atoms with van der Waals surface area (Å²) in [5.41, 5.74) is 0.695. The van der Waals surface area contributed by atoms with Crippen LogP contribution in [0.25, 0.3) is 0 Å². The highest BCUT2D eigenvalue weighted by atomic mass is 79.9. The molecule has 1 aromatic carbocycles. The molecule has 2 N–H and O–H groups in total. The molecule has 18 heavy (non-hydrogen) atoms. The van der Waals surface area contributed by atoms with E-state index in [4.69, 9.17) is 0 Å². The second-order valence-electron chi connectivity index (χ2n) is 5.05. The first-order valence-corrected chi connectivity index (χ1v) is 7.17. The van der Waals surface area contributed by atoms with Crippen molar-refractivity contribution in [2.75, 3.05) is 13.1 Å². The summed E-state index contributed by atoms with van der Waals surface area (Å²) in [5, 5.41) is 6.70. The second kappa shape index (κ2) is 7.87. The summed E-state index contributed by atoms with van der Waals surface area (Å²) in [6.07, 6.45) is 0. The Morgan fingerprint density at radius 3 is 2.61 bits per heavy atom. The number of hydrogen-bond acceptors (Lipinski definition) is 2. The van der Waals surface area contributed by atoms with Crippen molar-refractivity contribution in [1.29, 1.82) is 0 Å². The molecular weight excluding hydrogens is 295 g/mol. The van der Waals surface area contributed by atoms with Crippen molar-refractivity contribution in [3.63, 3.8) is 0 Å². The highest BCUT2D eigenvalue weighted by Crippen LogP contribution is 2.18. The molecule has 0 saturated heterocycles. The highest BCUT2D eigenvalue weighted by Gasteiger charge is 2.07. The normalized spacial score (nSPS) is 13.0. The molecule has 1 unspecified atom stereocenters. The predicted molar refractivity (Wildman–Crippen MR) is 78.1 cm³/mol. The number of rotatable bonds is 7. The van der Waals surface area contributed by atoms with Crippen molar-refractivity contribution in [1.82, 2.24) is 10.6 Å². The van der Waals surface area contributed by atoms with E-state index < -0.39 is 0 Å². The molecule has 0 bridgehead atoms. The van der Waals surface area contributed by atoms with E-state index in [-0.39, 0.29) is 5.82 Å². The number of nitrogens with one attached hydrogen (secondary N) is 2. The van der Waals surface area contributed by atoms with Gasteiger partial charge in [-0.05, 0) is 41.4 Å². The monoisotopic (exact) mass is 316 g/mol. The van der Waals surface area contributed by atoms with Crippen LogP contribution in [0.15, 0.2) is 22.7 Å². The zero-order valence-electron chi connectivity index (χ0n) is 11.3. The van der Waals surface area contributed by atoms with Gasteiger partial charge < -0.3 is 10.6 Å². The molecule has 0 spiro atoms. The molecule has 0 aromatic heterocycles. The summed E-state index contributed by atoms with van der Waals surface area (Å²) in [6, 6.07) is 5.70.